The van der Waals surface area contributed by atoms with Crippen molar-refractivity contribution in [3.63, 3.8) is 0 Å². The van der Waals surface area contributed by atoms with Crippen LogP contribution in [0.3, 0.4) is 0 Å². The predicted molar refractivity (Wildman–Crippen MR) is 58.3 cm³/mol. The monoisotopic (exact) mass is 220 g/mol. The summed E-state index contributed by atoms with van der Waals surface area (Å²) >= 11 is 0. The van der Waals surface area contributed by atoms with E-state index in [2.05, 4.69) is 9.89 Å². The molecule has 0 saturated carbocycles. The highest BCUT2D eigenvalue weighted by molar-refractivity contribution is 5.84. The Bertz CT molecular complexity index is 214. The van der Waals surface area contributed by atoms with Crippen molar-refractivity contribution in [2.45, 2.75) is 26.2 Å². The van der Waals surface area contributed by atoms with E-state index in [1.807, 2.05) is 0 Å². The van der Waals surface area contributed by atoms with Gasteiger partial charge < -0.3 is 21.0 Å². The standard InChI is InChI=1S/C7H12N2.C2H4O2.2H2O/c1-3-7-8-4-2-6-9(7)5-1;1-2(3)4;;/h1-6H2;1H3,(H,3,4);2*1H2. The molecule has 1 fully saturated rings. The third-order valence-corrected chi connectivity index (χ3v) is 2.07. The molecule has 0 amide bonds. The van der Waals surface area contributed by atoms with Crippen LogP contribution in [-0.2, 0) is 4.79 Å². The van der Waals surface area contributed by atoms with E-state index in [0.717, 1.165) is 13.5 Å². The van der Waals surface area contributed by atoms with Crippen LogP contribution in [0.15, 0.2) is 4.99 Å². The maximum atomic E-state index is 9.00. The number of fused-ring (bicyclic) bond motifs is 1. The second-order valence-corrected chi connectivity index (χ2v) is 3.26. The zero-order chi connectivity index (χ0) is 9.68. The third-order valence-electron chi connectivity index (χ3n) is 2.07. The number of nitrogens with zero attached hydrogens (tertiary/aromatic N) is 2. The van der Waals surface area contributed by atoms with E-state index in [0.29, 0.717) is 0 Å². The van der Waals surface area contributed by atoms with Crippen LogP contribution in [0.25, 0.3) is 0 Å². The first-order chi connectivity index (χ1) is 6.20. The summed E-state index contributed by atoms with van der Waals surface area (Å²) in [5.74, 6) is 0.543. The molecule has 2 heterocycles. The molecule has 6 nitrogen and oxygen atoms in total. The smallest absolute Gasteiger partial charge is 0.300 e. The molecular formula is C9H20N2O4. The van der Waals surface area contributed by atoms with Gasteiger partial charge in [-0.2, -0.15) is 0 Å². The van der Waals surface area contributed by atoms with Crippen LogP contribution in [0.4, 0.5) is 0 Å². The van der Waals surface area contributed by atoms with Gasteiger partial charge in [-0.3, -0.25) is 9.79 Å². The Morgan fingerprint density at radius 1 is 1.33 bits per heavy atom. The van der Waals surface area contributed by atoms with Gasteiger partial charge >= 0.3 is 0 Å². The second kappa shape index (κ2) is 8.19. The molecule has 0 aromatic carbocycles. The van der Waals surface area contributed by atoms with Gasteiger partial charge in [0.25, 0.3) is 5.97 Å². The van der Waals surface area contributed by atoms with Gasteiger partial charge in [-0.15, -0.1) is 0 Å². The van der Waals surface area contributed by atoms with E-state index < -0.39 is 5.97 Å². The van der Waals surface area contributed by atoms with Crippen molar-refractivity contribution in [3.05, 3.63) is 0 Å². The lowest BCUT2D eigenvalue weighted by atomic mass is 10.3. The lowest BCUT2D eigenvalue weighted by Crippen LogP contribution is -2.29. The zero-order valence-electron chi connectivity index (χ0n) is 8.99. The number of hydrogen-bond acceptors (Lipinski definition) is 3. The zero-order valence-corrected chi connectivity index (χ0v) is 8.99. The molecule has 0 radical (unpaired) electrons. The van der Waals surface area contributed by atoms with Gasteiger partial charge in [-0.1, -0.05) is 0 Å². The fourth-order valence-corrected chi connectivity index (χ4v) is 1.60. The van der Waals surface area contributed by atoms with Crippen molar-refractivity contribution in [2.75, 3.05) is 19.6 Å². The lowest BCUT2D eigenvalue weighted by molar-refractivity contribution is -0.134. The Labute approximate surface area is 89.2 Å². The number of rotatable bonds is 0. The van der Waals surface area contributed by atoms with Gasteiger partial charge in [-0.25, -0.2) is 0 Å². The first-order valence-electron chi connectivity index (χ1n) is 4.68. The molecule has 2 rings (SSSR count). The van der Waals surface area contributed by atoms with Crippen LogP contribution in [0.5, 0.6) is 0 Å². The summed E-state index contributed by atoms with van der Waals surface area (Å²) in [4.78, 5) is 15.9. The van der Waals surface area contributed by atoms with E-state index in [1.165, 1.54) is 38.2 Å². The number of hydrogen-bond donors (Lipinski definition) is 1. The molecule has 2 aliphatic heterocycles. The highest BCUT2D eigenvalue weighted by atomic mass is 16.4. The van der Waals surface area contributed by atoms with Gasteiger partial charge in [0.05, 0.1) is 5.84 Å². The van der Waals surface area contributed by atoms with E-state index in [-0.39, 0.29) is 11.0 Å². The van der Waals surface area contributed by atoms with Crippen LogP contribution in [0.2, 0.25) is 0 Å². The number of amidine groups is 1. The molecule has 0 aromatic heterocycles. The van der Waals surface area contributed by atoms with Gasteiger partial charge in [0, 0.05) is 33.0 Å². The molecular weight excluding hydrogens is 200 g/mol. The molecule has 1 saturated heterocycles. The van der Waals surface area contributed by atoms with E-state index >= 15 is 0 Å². The van der Waals surface area contributed by atoms with Crippen molar-refractivity contribution in [3.8, 4) is 0 Å². The molecule has 0 aromatic rings. The summed E-state index contributed by atoms with van der Waals surface area (Å²) in [5.41, 5.74) is 0. The number of carboxylic acids is 1. The molecule has 2 aliphatic rings. The summed E-state index contributed by atoms with van der Waals surface area (Å²) in [5, 5.41) is 7.42. The van der Waals surface area contributed by atoms with Gasteiger partial charge in [-0.05, 0) is 12.8 Å². The molecule has 0 spiro atoms. The number of aliphatic imine (C=N–C) groups is 1. The third kappa shape index (κ3) is 6.03. The van der Waals surface area contributed by atoms with Crippen molar-refractivity contribution in [2.24, 2.45) is 4.99 Å². The summed E-state index contributed by atoms with van der Waals surface area (Å²) in [6, 6.07) is 0. The average molecular weight is 220 g/mol. The Morgan fingerprint density at radius 3 is 2.40 bits per heavy atom. The Morgan fingerprint density at radius 2 is 1.87 bits per heavy atom. The number of carbonyl (C=O) groups is 1. The lowest BCUT2D eigenvalue weighted by Gasteiger charge is -2.21. The minimum Gasteiger partial charge on any atom is -0.481 e. The van der Waals surface area contributed by atoms with Crippen molar-refractivity contribution in [1.29, 1.82) is 0 Å². The van der Waals surface area contributed by atoms with Gasteiger partial charge in [0.15, 0.2) is 0 Å². The molecule has 6 heteroatoms. The SMILES string of the molecule is C1CN=C2CCCN2C1.CC(=O)O.O.O. The van der Waals surface area contributed by atoms with Crippen LogP contribution in [-0.4, -0.2) is 52.4 Å². The maximum absolute atomic E-state index is 9.00. The molecule has 5 N–H and O–H groups in total. The van der Waals surface area contributed by atoms with Gasteiger partial charge in [0.1, 0.15) is 0 Å². The van der Waals surface area contributed by atoms with Crippen LogP contribution in [0.1, 0.15) is 26.2 Å². The largest absolute Gasteiger partial charge is 0.481 e. The molecule has 0 bridgehead atoms. The predicted octanol–water partition coefficient (Wildman–Crippen LogP) is -0.674. The minimum absolute atomic E-state index is 0. The number of aliphatic carboxylic acids is 1. The summed E-state index contributed by atoms with van der Waals surface area (Å²) in [6.07, 6.45) is 3.84. The first-order valence-corrected chi connectivity index (χ1v) is 4.68. The van der Waals surface area contributed by atoms with Crippen molar-refractivity contribution in [1.82, 2.24) is 4.90 Å². The molecule has 0 unspecified atom stereocenters. The van der Waals surface area contributed by atoms with E-state index in [1.54, 1.807) is 0 Å². The topological polar surface area (TPSA) is 116 Å². The summed E-state index contributed by atoms with van der Waals surface area (Å²) in [7, 11) is 0. The van der Waals surface area contributed by atoms with Crippen LogP contribution < -0.4 is 0 Å². The highest BCUT2D eigenvalue weighted by Crippen LogP contribution is 2.14. The van der Waals surface area contributed by atoms with E-state index in [9.17, 15) is 0 Å². The van der Waals surface area contributed by atoms with Crippen molar-refractivity contribution >= 4 is 11.8 Å². The van der Waals surface area contributed by atoms with Crippen LogP contribution in [0, 0.1) is 0 Å². The normalized spacial score (nSPS) is 17.1. The summed E-state index contributed by atoms with van der Waals surface area (Å²) < 4.78 is 0. The molecule has 90 valence electrons. The number of carboxylic acid groups (broad SMARTS) is 1. The quantitative estimate of drug-likeness (QED) is 0.583. The Kier molecular flexibility index (Phi) is 8.90. The summed E-state index contributed by atoms with van der Waals surface area (Å²) in [6.45, 7) is 4.68. The first kappa shape index (κ1) is 16.3. The van der Waals surface area contributed by atoms with Gasteiger partial charge in [0.2, 0.25) is 0 Å². The fourth-order valence-electron chi connectivity index (χ4n) is 1.60. The highest BCUT2D eigenvalue weighted by Gasteiger charge is 2.19. The molecule has 15 heavy (non-hydrogen) atoms. The average Bonchev–Trinajstić information content (AvgIpc) is 2.49. The Hall–Kier alpha value is -1.14. The molecule has 0 atom stereocenters. The maximum Gasteiger partial charge on any atom is 0.300 e. The van der Waals surface area contributed by atoms with Crippen molar-refractivity contribution < 1.29 is 20.9 Å². The Balaban J connectivity index is 0. The minimum atomic E-state index is -0.833. The second-order valence-electron chi connectivity index (χ2n) is 3.26. The van der Waals surface area contributed by atoms with E-state index in [4.69, 9.17) is 9.90 Å². The fraction of sp³-hybridized carbons (Fsp3) is 0.778. The molecule has 0 aliphatic carbocycles. The van der Waals surface area contributed by atoms with Crippen LogP contribution >= 0.6 is 0 Å².